The van der Waals surface area contributed by atoms with Crippen LogP contribution in [0.4, 0.5) is 0 Å². The van der Waals surface area contributed by atoms with Gasteiger partial charge >= 0.3 is 23.5 Å². The number of nitrogens with two attached hydrogens (primary N) is 2. The van der Waals surface area contributed by atoms with Crippen LogP contribution in [-0.4, -0.2) is 70.4 Å². The maximum Gasteiger partial charge on any atom is 0.335 e. The highest BCUT2D eigenvalue weighted by atomic mass is 16.5. The van der Waals surface area contributed by atoms with E-state index in [1.165, 1.54) is 19.3 Å². The number of hydrogen-bond acceptors (Lipinski definition) is 10. The summed E-state index contributed by atoms with van der Waals surface area (Å²) >= 11 is 0. The number of nitrogens with zero attached hydrogens (tertiary/aromatic N) is 1. The number of aliphatic imine (C=N–C) groups is 1. The van der Waals surface area contributed by atoms with E-state index in [-0.39, 0.29) is 72.9 Å². The molecule has 14 nitrogen and oxygen atoms in total. The molecule has 0 saturated heterocycles. The Morgan fingerprint density at radius 1 is 1.00 bits per heavy atom. The van der Waals surface area contributed by atoms with Crippen LogP contribution in [0.15, 0.2) is 32.6 Å². The predicted octanol–water partition coefficient (Wildman–Crippen LogP) is 3.91. The van der Waals surface area contributed by atoms with Gasteiger partial charge in [-0.15, -0.1) is 0 Å². The largest absolute Gasteiger partial charge is 0.480 e. The highest BCUT2D eigenvalue weighted by molar-refractivity contribution is 5.83. The molecule has 4 saturated carbocycles. The number of aliphatic hydroxyl groups is 1. The summed E-state index contributed by atoms with van der Waals surface area (Å²) in [6, 6.07) is 2.11. The van der Waals surface area contributed by atoms with Gasteiger partial charge in [0.05, 0.1) is 11.9 Å². The molecule has 4 aliphatic rings. The number of fused-ring (bicyclic) bond motifs is 5. The van der Waals surface area contributed by atoms with E-state index < -0.39 is 40.7 Å². The number of amides is 1. The Labute approximate surface area is 310 Å². The zero-order valence-electron chi connectivity index (χ0n) is 31.3. The van der Waals surface area contributed by atoms with Crippen LogP contribution in [0.25, 0.3) is 0 Å². The van der Waals surface area contributed by atoms with Gasteiger partial charge in [0.25, 0.3) is 0 Å². The molecule has 294 valence electrons. The van der Waals surface area contributed by atoms with Crippen molar-refractivity contribution < 1.29 is 43.3 Å². The van der Waals surface area contributed by atoms with Crippen molar-refractivity contribution in [1.29, 1.82) is 0 Å². The number of unbranched alkanes of at least 4 members (excludes halogenated alkanes) is 2. The van der Waals surface area contributed by atoms with Crippen LogP contribution in [0.1, 0.15) is 129 Å². The second-order valence-corrected chi connectivity index (χ2v) is 16.4. The number of carbonyl (C=O) groups excluding carboxylic acids is 3. The van der Waals surface area contributed by atoms with E-state index in [0.29, 0.717) is 38.0 Å². The molecule has 1 aromatic heterocycles. The molecule has 1 amide bonds. The first-order chi connectivity index (χ1) is 25.1. The van der Waals surface area contributed by atoms with Gasteiger partial charge in [-0.3, -0.25) is 19.4 Å². The average molecular weight is 743 g/mol. The number of carboxylic acids is 1. The Morgan fingerprint density at radius 3 is 2.43 bits per heavy atom. The molecule has 0 aromatic carbocycles. The number of nitrogens with one attached hydrogen (secondary N) is 1. The first-order valence-corrected chi connectivity index (χ1v) is 19.3. The Bertz CT molecular complexity index is 1570. The molecule has 5 rings (SSSR count). The minimum absolute atomic E-state index is 0.0217. The van der Waals surface area contributed by atoms with Gasteiger partial charge in [-0.2, -0.15) is 0 Å². The predicted molar refractivity (Wildman–Crippen MR) is 194 cm³/mol. The van der Waals surface area contributed by atoms with E-state index in [1.807, 2.05) is 0 Å². The van der Waals surface area contributed by atoms with E-state index in [2.05, 4.69) is 24.2 Å². The summed E-state index contributed by atoms with van der Waals surface area (Å²) in [5.74, 6) is -1.82. The molecule has 4 fully saturated rings. The molecular weight excluding hydrogens is 684 g/mol. The number of carboxylic acid groups (broad SMARTS) is 1. The lowest BCUT2D eigenvalue weighted by Crippen LogP contribution is -2.62. The molecule has 0 spiro atoms. The summed E-state index contributed by atoms with van der Waals surface area (Å²) < 4.78 is 17.1. The highest BCUT2D eigenvalue weighted by Crippen LogP contribution is 2.71. The number of hydrogen-bond donors (Lipinski definition) is 5. The minimum Gasteiger partial charge on any atom is -0.480 e. The summed E-state index contributed by atoms with van der Waals surface area (Å²) in [5.41, 5.74) is 9.21. The van der Waals surface area contributed by atoms with Gasteiger partial charge in [-0.05, 0) is 105 Å². The van der Waals surface area contributed by atoms with Gasteiger partial charge in [-0.25, -0.2) is 9.59 Å². The summed E-state index contributed by atoms with van der Waals surface area (Å²) in [6.07, 6.45) is 9.76. The van der Waals surface area contributed by atoms with Crippen molar-refractivity contribution in [3.8, 4) is 0 Å². The minimum atomic E-state index is -1.11. The molecule has 53 heavy (non-hydrogen) atoms. The highest BCUT2D eigenvalue weighted by Gasteiger charge is 2.70. The second-order valence-electron chi connectivity index (χ2n) is 16.4. The van der Waals surface area contributed by atoms with Crippen molar-refractivity contribution in [2.24, 2.45) is 45.0 Å². The zero-order valence-corrected chi connectivity index (χ0v) is 31.3. The lowest BCUT2D eigenvalue weighted by molar-refractivity contribution is -0.207. The van der Waals surface area contributed by atoms with E-state index in [0.717, 1.165) is 50.5 Å². The summed E-state index contributed by atoms with van der Waals surface area (Å²) in [4.78, 5) is 64.5. The fraction of sp³-hybridized carbons (Fsp3) is 0.744. The first-order valence-electron chi connectivity index (χ1n) is 19.3. The maximum absolute atomic E-state index is 12.9. The van der Waals surface area contributed by atoms with Crippen molar-refractivity contribution in [1.82, 2.24) is 5.32 Å². The fourth-order valence-corrected chi connectivity index (χ4v) is 10.8. The molecule has 0 unspecified atom stereocenters. The van der Waals surface area contributed by atoms with Crippen molar-refractivity contribution in [2.75, 3.05) is 6.54 Å². The molecular formula is C39H58N4O10. The van der Waals surface area contributed by atoms with Gasteiger partial charge in [-0.1, -0.05) is 20.3 Å². The lowest BCUT2D eigenvalue weighted by Gasteiger charge is -2.63. The third-order valence-electron chi connectivity index (χ3n) is 13.4. The van der Waals surface area contributed by atoms with Crippen LogP contribution in [0, 0.1) is 28.6 Å². The molecule has 4 aliphatic carbocycles. The molecule has 7 N–H and O–H groups in total. The van der Waals surface area contributed by atoms with Gasteiger partial charge in [0, 0.05) is 50.1 Å². The molecule has 0 aliphatic heterocycles. The van der Waals surface area contributed by atoms with Crippen LogP contribution < -0.4 is 22.4 Å². The van der Waals surface area contributed by atoms with E-state index in [9.17, 15) is 34.2 Å². The number of esters is 2. The van der Waals surface area contributed by atoms with Gasteiger partial charge in [0.1, 0.15) is 18.2 Å². The standard InChI is InChI=1S/C39H58N4O10/c1-23(44)52-30-21-39(50)28-13-12-25-20-26(15-17-37(25,2)27(28)16-18-38(39,3)34(30)24-11-14-32(46)51-22-24)53-33(47)10-6-4-5-9-31(45)43-29(35(48)49)8-7-19-42-36(40)41/h11,14,22,25-30,34,50H,4-10,12-13,15-21H2,1-3H3,(H,43,45)(H,48,49)(H4,40,41,42)/t25-,26+,27+,28-,29+,30+,34+,37+,38-,39+/m1/s1. The molecule has 10 atom stereocenters. The Hall–Kier alpha value is -3.94. The Morgan fingerprint density at radius 2 is 1.75 bits per heavy atom. The molecule has 0 bridgehead atoms. The van der Waals surface area contributed by atoms with Crippen LogP contribution >= 0.6 is 0 Å². The third kappa shape index (κ3) is 8.73. The van der Waals surface area contributed by atoms with Crippen LogP contribution in [-0.2, 0) is 28.7 Å². The summed E-state index contributed by atoms with van der Waals surface area (Å²) in [6.45, 7) is 6.13. The van der Waals surface area contributed by atoms with Crippen molar-refractivity contribution in [3.63, 3.8) is 0 Å². The van der Waals surface area contributed by atoms with Crippen LogP contribution in [0.3, 0.4) is 0 Å². The lowest BCUT2D eigenvalue weighted by atomic mass is 9.43. The van der Waals surface area contributed by atoms with Gasteiger partial charge in [0.15, 0.2) is 5.96 Å². The van der Waals surface area contributed by atoms with Gasteiger partial charge in [0.2, 0.25) is 5.91 Å². The van der Waals surface area contributed by atoms with Crippen molar-refractivity contribution >= 4 is 29.8 Å². The summed E-state index contributed by atoms with van der Waals surface area (Å²) in [7, 11) is 0. The summed E-state index contributed by atoms with van der Waals surface area (Å²) in [5, 5.41) is 24.7. The van der Waals surface area contributed by atoms with E-state index in [4.69, 9.17) is 25.4 Å². The number of ether oxygens (including phenoxy) is 2. The normalized spacial score (nSPS) is 33.7. The Balaban J connectivity index is 1.10. The smallest absolute Gasteiger partial charge is 0.335 e. The van der Waals surface area contributed by atoms with E-state index >= 15 is 0 Å². The topological polar surface area (TPSA) is 234 Å². The monoisotopic (exact) mass is 742 g/mol. The number of carbonyl (C=O) groups is 4. The Kier molecular flexibility index (Phi) is 12.6. The molecule has 1 heterocycles. The van der Waals surface area contributed by atoms with Gasteiger partial charge < -0.3 is 40.9 Å². The number of aliphatic carboxylic acids is 1. The fourth-order valence-electron chi connectivity index (χ4n) is 10.8. The quantitative estimate of drug-likeness (QED) is 0.0745. The van der Waals surface area contributed by atoms with E-state index in [1.54, 1.807) is 6.07 Å². The molecule has 0 radical (unpaired) electrons. The van der Waals surface area contributed by atoms with Crippen LogP contribution in [0.5, 0.6) is 0 Å². The van der Waals surface area contributed by atoms with Crippen molar-refractivity contribution in [3.05, 3.63) is 34.4 Å². The number of rotatable bonds is 15. The van der Waals surface area contributed by atoms with Crippen LogP contribution in [0.2, 0.25) is 0 Å². The number of guanidine groups is 1. The third-order valence-corrected chi connectivity index (χ3v) is 13.4. The maximum atomic E-state index is 12.9. The van der Waals surface area contributed by atoms with Crippen molar-refractivity contribution in [2.45, 2.75) is 147 Å². The average Bonchev–Trinajstić information content (AvgIpc) is 3.31. The SMILES string of the molecule is CC(=O)O[C@H]1C[C@]2(O)[C@@H]3CC[C@@H]4C[C@@H](OC(=O)CCCCCC(=O)N[C@@H](CCCN=C(N)N)C(=O)O)CC[C@]4(C)[C@H]3CC[C@]2(C)[C@H]1c1ccc(=O)oc1. The second kappa shape index (κ2) is 16.6. The zero-order chi connectivity index (χ0) is 38.6. The molecule has 14 heteroatoms. The molecule has 1 aromatic rings. The first kappa shape index (κ1) is 40.2.